The highest BCUT2D eigenvalue weighted by molar-refractivity contribution is 5.19. The molecule has 1 heterocycles. The Morgan fingerprint density at radius 1 is 1.39 bits per heavy atom. The molecule has 18 heavy (non-hydrogen) atoms. The largest absolute Gasteiger partial charge is 0.393 e. The molecule has 2 nitrogen and oxygen atoms in total. The molecule has 0 spiro atoms. The highest BCUT2D eigenvalue weighted by Gasteiger charge is 2.23. The number of hydrogen-bond donors (Lipinski definition) is 1. The van der Waals surface area contributed by atoms with Crippen LogP contribution >= 0.6 is 0 Å². The van der Waals surface area contributed by atoms with Crippen molar-refractivity contribution in [2.75, 3.05) is 13.1 Å². The molecule has 0 amide bonds. The second-order valence-electron chi connectivity index (χ2n) is 5.03. The summed E-state index contributed by atoms with van der Waals surface area (Å²) in [4.78, 5) is 2.22. The van der Waals surface area contributed by atoms with Crippen LogP contribution in [0.4, 0.5) is 8.78 Å². The van der Waals surface area contributed by atoms with Crippen molar-refractivity contribution in [1.82, 2.24) is 4.90 Å². The summed E-state index contributed by atoms with van der Waals surface area (Å²) < 4.78 is 26.5. The molecule has 0 radical (unpaired) electrons. The Bertz CT molecular complexity index is 411. The van der Waals surface area contributed by atoms with Gasteiger partial charge in [-0.1, -0.05) is 12.1 Å². The number of likely N-dealkylation sites (tertiary alicyclic amines) is 1. The third-order valence-electron chi connectivity index (χ3n) is 3.69. The van der Waals surface area contributed by atoms with Gasteiger partial charge in [0.05, 0.1) is 6.10 Å². The summed E-state index contributed by atoms with van der Waals surface area (Å²) in [5.41, 5.74) is 0.424. The van der Waals surface area contributed by atoms with Crippen LogP contribution in [0.3, 0.4) is 0 Å². The summed E-state index contributed by atoms with van der Waals surface area (Å²) in [5.74, 6) is -1.52. The predicted octanol–water partition coefficient (Wildman–Crippen LogP) is 2.35. The van der Waals surface area contributed by atoms with E-state index in [-0.39, 0.29) is 6.10 Å². The minimum absolute atomic E-state index is 0.220. The van der Waals surface area contributed by atoms with Crippen molar-refractivity contribution in [1.29, 1.82) is 0 Å². The van der Waals surface area contributed by atoms with Crippen molar-refractivity contribution >= 4 is 0 Å². The first-order valence-corrected chi connectivity index (χ1v) is 6.43. The normalized spacial score (nSPS) is 25.3. The molecule has 100 valence electrons. The summed E-state index contributed by atoms with van der Waals surface area (Å²) >= 11 is 0. The third kappa shape index (κ3) is 3.06. The van der Waals surface area contributed by atoms with Gasteiger partial charge in [0.15, 0.2) is 11.6 Å². The molecule has 1 aliphatic heterocycles. The van der Waals surface area contributed by atoms with E-state index < -0.39 is 11.6 Å². The Labute approximate surface area is 106 Å². The summed E-state index contributed by atoms with van der Waals surface area (Å²) in [6.45, 7) is 3.58. The van der Waals surface area contributed by atoms with Crippen LogP contribution in [0.1, 0.15) is 25.3 Å². The molecule has 0 saturated carbocycles. The molecule has 1 aliphatic rings. The van der Waals surface area contributed by atoms with Crippen molar-refractivity contribution in [3.63, 3.8) is 0 Å². The second kappa shape index (κ2) is 5.76. The van der Waals surface area contributed by atoms with E-state index in [1.807, 2.05) is 0 Å². The van der Waals surface area contributed by atoms with Crippen molar-refractivity contribution in [3.8, 4) is 0 Å². The van der Waals surface area contributed by atoms with Crippen LogP contribution in [0.15, 0.2) is 18.2 Å². The first-order valence-electron chi connectivity index (χ1n) is 6.43. The first-order chi connectivity index (χ1) is 8.58. The quantitative estimate of drug-likeness (QED) is 0.896. The van der Waals surface area contributed by atoms with Crippen LogP contribution in [0.2, 0.25) is 0 Å². The van der Waals surface area contributed by atoms with Crippen molar-refractivity contribution in [3.05, 3.63) is 35.4 Å². The number of aliphatic hydroxyl groups is 1. The summed E-state index contributed by atoms with van der Waals surface area (Å²) in [5, 5.41) is 9.53. The van der Waals surface area contributed by atoms with Gasteiger partial charge in [0.2, 0.25) is 0 Å². The van der Waals surface area contributed by atoms with E-state index in [1.54, 1.807) is 6.07 Å². The van der Waals surface area contributed by atoms with Crippen molar-refractivity contribution < 1.29 is 13.9 Å². The van der Waals surface area contributed by atoms with Crippen molar-refractivity contribution in [2.24, 2.45) is 0 Å². The molecule has 2 rings (SSSR count). The van der Waals surface area contributed by atoms with Gasteiger partial charge in [-0.05, 0) is 37.8 Å². The van der Waals surface area contributed by atoms with Crippen LogP contribution in [0.5, 0.6) is 0 Å². The molecule has 1 saturated heterocycles. The Kier molecular flexibility index (Phi) is 4.30. The molecular weight excluding hydrogens is 236 g/mol. The van der Waals surface area contributed by atoms with E-state index >= 15 is 0 Å². The van der Waals surface area contributed by atoms with E-state index in [1.165, 1.54) is 6.07 Å². The number of rotatable bonds is 3. The topological polar surface area (TPSA) is 23.5 Å². The molecule has 2 unspecified atom stereocenters. The zero-order valence-electron chi connectivity index (χ0n) is 10.6. The molecule has 1 fully saturated rings. The van der Waals surface area contributed by atoms with E-state index in [9.17, 15) is 13.9 Å². The van der Waals surface area contributed by atoms with E-state index in [2.05, 4.69) is 11.8 Å². The minimum atomic E-state index is -0.783. The predicted molar refractivity (Wildman–Crippen MR) is 66.3 cm³/mol. The number of hydrogen-bond acceptors (Lipinski definition) is 2. The van der Waals surface area contributed by atoms with Gasteiger partial charge in [0.25, 0.3) is 0 Å². The maximum absolute atomic E-state index is 13.5. The highest BCUT2D eigenvalue weighted by Crippen LogP contribution is 2.18. The second-order valence-corrected chi connectivity index (χ2v) is 5.03. The Hall–Kier alpha value is -1.00. The molecule has 4 heteroatoms. The Balaban J connectivity index is 1.93. The van der Waals surface area contributed by atoms with Gasteiger partial charge in [0, 0.05) is 19.1 Å². The standard InChI is InChI=1S/C14H19F2NO/c1-10-9-12(18)6-8-17(10)7-5-11-3-2-4-13(15)14(11)16/h2-4,10,12,18H,5-9H2,1H3. The lowest BCUT2D eigenvalue weighted by atomic mass is 10.00. The van der Waals surface area contributed by atoms with E-state index in [0.717, 1.165) is 25.5 Å². The van der Waals surface area contributed by atoms with Crippen LogP contribution in [-0.4, -0.2) is 35.2 Å². The van der Waals surface area contributed by atoms with Crippen LogP contribution in [0.25, 0.3) is 0 Å². The van der Waals surface area contributed by atoms with Crippen LogP contribution in [-0.2, 0) is 6.42 Å². The Morgan fingerprint density at radius 2 is 2.17 bits per heavy atom. The lowest BCUT2D eigenvalue weighted by Gasteiger charge is -2.35. The van der Waals surface area contributed by atoms with Gasteiger partial charge >= 0.3 is 0 Å². The number of nitrogens with zero attached hydrogens (tertiary/aromatic N) is 1. The fourth-order valence-electron chi connectivity index (χ4n) is 2.53. The van der Waals surface area contributed by atoms with Crippen LogP contribution < -0.4 is 0 Å². The summed E-state index contributed by atoms with van der Waals surface area (Å²) in [7, 11) is 0. The van der Waals surface area contributed by atoms with Gasteiger partial charge in [-0.2, -0.15) is 0 Å². The molecule has 0 bridgehead atoms. The van der Waals surface area contributed by atoms with Crippen molar-refractivity contribution in [2.45, 2.75) is 38.3 Å². The zero-order chi connectivity index (χ0) is 13.1. The lowest BCUT2D eigenvalue weighted by Crippen LogP contribution is -2.43. The molecule has 0 aromatic heterocycles. The average Bonchev–Trinajstić information content (AvgIpc) is 2.33. The van der Waals surface area contributed by atoms with Gasteiger partial charge in [-0.25, -0.2) is 8.78 Å². The monoisotopic (exact) mass is 255 g/mol. The smallest absolute Gasteiger partial charge is 0.162 e. The Morgan fingerprint density at radius 3 is 2.89 bits per heavy atom. The molecule has 1 aromatic carbocycles. The molecule has 0 aliphatic carbocycles. The van der Waals surface area contributed by atoms with Gasteiger partial charge in [0.1, 0.15) is 0 Å². The third-order valence-corrected chi connectivity index (χ3v) is 3.69. The number of piperidine rings is 1. The first kappa shape index (κ1) is 13.4. The maximum Gasteiger partial charge on any atom is 0.162 e. The molecular formula is C14H19F2NO. The minimum Gasteiger partial charge on any atom is -0.393 e. The van der Waals surface area contributed by atoms with Gasteiger partial charge in [-0.15, -0.1) is 0 Å². The maximum atomic E-state index is 13.5. The molecule has 1 aromatic rings. The molecule has 1 N–H and O–H groups in total. The van der Waals surface area contributed by atoms with Gasteiger partial charge < -0.3 is 10.0 Å². The highest BCUT2D eigenvalue weighted by atomic mass is 19.2. The fraction of sp³-hybridized carbons (Fsp3) is 0.571. The summed E-state index contributed by atoms with van der Waals surface area (Å²) in [6, 6.07) is 4.60. The number of aliphatic hydroxyl groups excluding tert-OH is 1. The summed E-state index contributed by atoms with van der Waals surface area (Å²) in [6.07, 6.45) is 1.80. The SMILES string of the molecule is CC1CC(O)CCN1CCc1cccc(F)c1F. The van der Waals surface area contributed by atoms with E-state index in [4.69, 9.17) is 0 Å². The fourth-order valence-corrected chi connectivity index (χ4v) is 2.53. The zero-order valence-corrected chi connectivity index (χ0v) is 10.6. The van der Waals surface area contributed by atoms with E-state index in [0.29, 0.717) is 24.6 Å². The lowest BCUT2D eigenvalue weighted by molar-refractivity contribution is 0.0489. The number of benzene rings is 1. The number of halogens is 2. The van der Waals surface area contributed by atoms with Crippen LogP contribution in [0, 0.1) is 11.6 Å². The van der Waals surface area contributed by atoms with Gasteiger partial charge in [-0.3, -0.25) is 0 Å². The average molecular weight is 255 g/mol. The molecule has 2 atom stereocenters.